The highest BCUT2D eigenvalue weighted by atomic mass is 35.5. The number of piperazine rings is 1. The fourth-order valence-corrected chi connectivity index (χ4v) is 5.23. The van der Waals surface area contributed by atoms with Crippen LogP contribution in [0.25, 0.3) is 0 Å². The third kappa shape index (κ3) is 5.02. The number of carbonyl (C=O) groups excluding carboxylic acids is 2. The van der Waals surface area contributed by atoms with E-state index in [2.05, 4.69) is 5.32 Å². The molecule has 0 bridgehead atoms. The number of sulfonamides is 1. The zero-order valence-corrected chi connectivity index (χ0v) is 18.4. The zero-order valence-electron chi connectivity index (χ0n) is 16.7. The van der Waals surface area contributed by atoms with Gasteiger partial charge in [0.25, 0.3) is 0 Å². The van der Waals surface area contributed by atoms with E-state index in [9.17, 15) is 18.0 Å². The topological polar surface area (TPSA) is 113 Å². The van der Waals surface area contributed by atoms with E-state index < -0.39 is 15.9 Å². The number of benzene rings is 1. The maximum absolute atomic E-state index is 13.2. The van der Waals surface area contributed by atoms with Crippen LogP contribution in [0, 0.1) is 27.7 Å². The lowest BCUT2D eigenvalue weighted by molar-refractivity contribution is -0.133. The summed E-state index contributed by atoms with van der Waals surface area (Å²) in [4.78, 5) is 25.2. The van der Waals surface area contributed by atoms with Gasteiger partial charge in [0, 0.05) is 26.2 Å². The second-order valence-corrected chi connectivity index (χ2v) is 8.73. The molecule has 3 N–H and O–H groups in total. The molecule has 0 aromatic heterocycles. The summed E-state index contributed by atoms with van der Waals surface area (Å²) >= 11 is 0. The molecule has 8 nitrogen and oxygen atoms in total. The molecule has 1 aromatic rings. The predicted octanol–water partition coefficient (Wildman–Crippen LogP) is 0.250. The van der Waals surface area contributed by atoms with Crippen LogP contribution in [-0.2, 0) is 19.6 Å². The normalized spacial score (nSPS) is 15.1. The molecule has 1 saturated heterocycles. The fourth-order valence-electron chi connectivity index (χ4n) is 3.23. The van der Waals surface area contributed by atoms with Crippen molar-refractivity contribution in [2.75, 3.05) is 39.3 Å². The number of nitrogens with two attached hydrogens (primary N) is 1. The van der Waals surface area contributed by atoms with E-state index >= 15 is 0 Å². The Morgan fingerprint density at radius 1 is 1.04 bits per heavy atom. The van der Waals surface area contributed by atoms with E-state index in [-0.39, 0.29) is 44.5 Å². The van der Waals surface area contributed by atoms with E-state index in [1.807, 2.05) is 33.8 Å². The first-order valence-corrected chi connectivity index (χ1v) is 10.4. The first kappa shape index (κ1) is 24.4. The second kappa shape index (κ2) is 9.69. The van der Waals surface area contributed by atoms with Crippen LogP contribution in [0.1, 0.15) is 22.3 Å². The number of hydrogen-bond acceptors (Lipinski definition) is 5. The Labute approximate surface area is 172 Å². The van der Waals surface area contributed by atoms with Crippen molar-refractivity contribution in [1.29, 1.82) is 0 Å². The standard InChI is InChI=1S/C18H28N4O4S.ClH/c1-12-9-13(2)15(4)18(14(12)3)27(25,26)22-7-5-21(6-8-22)17(24)11-20-16(23)10-19;/h9H,5-8,10-11,19H2,1-4H3,(H,20,23);1H. The molecule has 0 unspecified atom stereocenters. The van der Waals surface area contributed by atoms with Gasteiger partial charge in [-0.25, -0.2) is 8.42 Å². The van der Waals surface area contributed by atoms with Gasteiger partial charge in [0.1, 0.15) is 0 Å². The van der Waals surface area contributed by atoms with E-state index in [0.29, 0.717) is 18.0 Å². The van der Waals surface area contributed by atoms with Crippen molar-refractivity contribution in [3.05, 3.63) is 28.3 Å². The Morgan fingerprint density at radius 3 is 2.00 bits per heavy atom. The summed E-state index contributed by atoms with van der Waals surface area (Å²) in [6, 6.07) is 2.00. The van der Waals surface area contributed by atoms with Crippen LogP contribution in [0.15, 0.2) is 11.0 Å². The maximum Gasteiger partial charge on any atom is 0.243 e. The van der Waals surface area contributed by atoms with Gasteiger partial charge in [-0.05, 0) is 49.9 Å². The molecule has 0 radical (unpaired) electrons. The monoisotopic (exact) mass is 432 g/mol. The van der Waals surface area contributed by atoms with Gasteiger partial charge in [-0.15, -0.1) is 12.4 Å². The molecule has 1 aromatic carbocycles. The van der Waals surface area contributed by atoms with Gasteiger partial charge >= 0.3 is 0 Å². The molecule has 10 heteroatoms. The number of aryl methyl sites for hydroxylation is 2. The van der Waals surface area contributed by atoms with Gasteiger partial charge < -0.3 is 16.0 Å². The Balaban J connectivity index is 0.00000392. The highest BCUT2D eigenvalue weighted by molar-refractivity contribution is 7.89. The lowest BCUT2D eigenvalue weighted by atomic mass is 10.0. The second-order valence-electron chi connectivity index (χ2n) is 6.86. The first-order chi connectivity index (χ1) is 12.6. The maximum atomic E-state index is 13.2. The minimum absolute atomic E-state index is 0. The minimum atomic E-state index is -3.64. The molecular weight excluding hydrogens is 404 g/mol. The highest BCUT2D eigenvalue weighted by Crippen LogP contribution is 2.29. The molecule has 1 heterocycles. The Bertz CT molecular complexity index is 823. The number of rotatable bonds is 5. The Hall–Kier alpha value is -1.68. The zero-order chi connectivity index (χ0) is 20.4. The van der Waals surface area contributed by atoms with Crippen molar-refractivity contribution >= 4 is 34.2 Å². The summed E-state index contributed by atoms with van der Waals surface area (Å²) in [6.07, 6.45) is 0. The van der Waals surface area contributed by atoms with Crippen molar-refractivity contribution < 1.29 is 18.0 Å². The number of amides is 2. The van der Waals surface area contributed by atoms with Crippen LogP contribution in [0.2, 0.25) is 0 Å². The van der Waals surface area contributed by atoms with Gasteiger partial charge in [-0.2, -0.15) is 4.31 Å². The molecule has 158 valence electrons. The van der Waals surface area contributed by atoms with Crippen LogP contribution in [-0.4, -0.2) is 68.7 Å². The van der Waals surface area contributed by atoms with Gasteiger partial charge in [0.05, 0.1) is 18.0 Å². The molecule has 1 fully saturated rings. The highest BCUT2D eigenvalue weighted by Gasteiger charge is 2.32. The molecule has 0 saturated carbocycles. The Kier molecular flexibility index (Phi) is 8.43. The van der Waals surface area contributed by atoms with Crippen molar-refractivity contribution in [2.24, 2.45) is 5.73 Å². The van der Waals surface area contributed by atoms with Gasteiger partial charge in [-0.3, -0.25) is 9.59 Å². The van der Waals surface area contributed by atoms with Crippen molar-refractivity contribution in [2.45, 2.75) is 32.6 Å². The number of halogens is 1. The number of hydrogen-bond donors (Lipinski definition) is 2. The van der Waals surface area contributed by atoms with Crippen LogP contribution in [0.5, 0.6) is 0 Å². The number of carbonyl (C=O) groups is 2. The van der Waals surface area contributed by atoms with Crippen LogP contribution in [0.4, 0.5) is 0 Å². The average Bonchev–Trinajstić information content (AvgIpc) is 2.64. The van der Waals surface area contributed by atoms with Crippen LogP contribution in [0.3, 0.4) is 0 Å². The van der Waals surface area contributed by atoms with Crippen molar-refractivity contribution in [3.63, 3.8) is 0 Å². The van der Waals surface area contributed by atoms with Crippen LogP contribution >= 0.6 is 12.4 Å². The van der Waals surface area contributed by atoms with Gasteiger partial charge in [0.15, 0.2) is 0 Å². The SMILES string of the molecule is Cc1cc(C)c(C)c(S(=O)(=O)N2CCN(C(=O)CNC(=O)CN)CC2)c1C.Cl. The Morgan fingerprint density at radius 2 is 1.54 bits per heavy atom. The molecule has 1 aliphatic heterocycles. The molecule has 2 rings (SSSR count). The third-order valence-corrected chi connectivity index (χ3v) is 7.28. The summed E-state index contributed by atoms with van der Waals surface area (Å²) in [5, 5.41) is 2.44. The van der Waals surface area contributed by atoms with E-state index in [1.165, 1.54) is 4.31 Å². The molecule has 0 spiro atoms. The summed E-state index contributed by atoms with van der Waals surface area (Å²) in [5.74, 6) is -0.641. The smallest absolute Gasteiger partial charge is 0.243 e. The summed E-state index contributed by atoms with van der Waals surface area (Å²) < 4.78 is 27.9. The third-order valence-electron chi connectivity index (χ3n) is 5.11. The summed E-state index contributed by atoms with van der Waals surface area (Å²) in [7, 11) is -3.64. The van der Waals surface area contributed by atoms with Crippen molar-refractivity contribution in [3.8, 4) is 0 Å². The minimum Gasteiger partial charge on any atom is -0.346 e. The average molecular weight is 433 g/mol. The molecule has 1 aliphatic rings. The first-order valence-electron chi connectivity index (χ1n) is 8.91. The van der Waals surface area contributed by atoms with E-state index in [4.69, 9.17) is 5.73 Å². The molecule has 2 amide bonds. The van der Waals surface area contributed by atoms with E-state index in [0.717, 1.165) is 22.3 Å². The summed E-state index contributed by atoms with van der Waals surface area (Å²) in [5.41, 5.74) is 8.61. The molecular formula is C18H29ClN4O4S. The number of nitrogens with one attached hydrogen (secondary N) is 1. The largest absolute Gasteiger partial charge is 0.346 e. The predicted molar refractivity (Wildman–Crippen MR) is 110 cm³/mol. The van der Waals surface area contributed by atoms with Gasteiger partial charge in [-0.1, -0.05) is 6.07 Å². The lowest BCUT2D eigenvalue weighted by Crippen LogP contribution is -2.52. The number of nitrogens with zero attached hydrogens (tertiary/aromatic N) is 2. The molecule has 0 aliphatic carbocycles. The quantitative estimate of drug-likeness (QED) is 0.692. The van der Waals surface area contributed by atoms with Gasteiger partial charge in [0.2, 0.25) is 21.8 Å². The molecule has 0 atom stereocenters. The van der Waals surface area contributed by atoms with E-state index in [1.54, 1.807) is 4.90 Å². The summed E-state index contributed by atoms with van der Waals surface area (Å²) in [6.45, 7) is 8.21. The fraction of sp³-hybridized carbons (Fsp3) is 0.556. The van der Waals surface area contributed by atoms with Crippen LogP contribution < -0.4 is 11.1 Å². The van der Waals surface area contributed by atoms with Crippen molar-refractivity contribution in [1.82, 2.24) is 14.5 Å². The lowest BCUT2D eigenvalue weighted by Gasteiger charge is -2.34. The molecule has 28 heavy (non-hydrogen) atoms.